The fourth-order valence-corrected chi connectivity index (χ4v) is 1.24. The molecular weight excluding hydrogens is 172 g/mol. The van der Waals surface area contributed by atoms with Gasteiger partial charge in [0.15, 0.2) is 0 Å². The summed E-state index contributed by atoms with van der Waals surface area (Å²) in [6.07, 6.45) is 1.49. The van der Waals surface area contributed by atoms with Crippen LogP contribution in [0.1, 0.15) is 19.3 Å². The molecule has 5 nitrogen and oxygen atoms in total. The molecule has 0 radical (unpaired) electrons. The van der Waals surface area contributed by atoms with E-state index in [1.165, 1.54) is 0 Å². The first kappa shape index (κ1) is 10.4. The second-order valence-corrected chi connectivity index (χ2v) is 3.56. The number of nitrogens with one attached hydrogen (secondary N) is 1. The Hall–Kier alpha value is -0.650. The Kier molecular flexibility index (Phi) is 3.24. The van der Waals surface area contributed by atoms with Crippen LogP contribution in [0.5, 0.6) is 0 Å². The highest BCUT2D eigenvalue weighted by Gasteiger charge is 2.39. The lowest BCUT2D eigenvalue weighted by Crippen LogP contribution is -2.59. The second kappa shape index (κ2) is 4.04. The molecule has 5 N–H and O–H groups in total. The number of nitrogens with two attached hydrogens (primary N) is 1. The predicted molar refractivity (Wildman–Crippen MR) is 46.9 cm³/mol. The number of aliphatic hydroxyl groups excluding tert-OH is 2. The van der Waals surface area contributed by atoms with Gasteiger partial charge >= 0.3 is 0 Å². The zero-order valence-corrected chi connectivity index (χ0v) is 7.49. The molecule has 0 spiro atoms. The van der Waals surface area contributed by atoms with Crippen LogP contribution in [0.2, 0.25) is 0 Å². The van der Waals surface area contributed by atoms with Crippen LogP contribution in [0.25, 0.3) is 0 Å². The van der Waals surface area contributed by atoms with Crippen LogP contribution >= 0.6 is 0 Å². The molecule has 1 fully saturated rings. The van der Waals surface area contributed by atoms with Gasteiger partial charge < -0.3 is 21.3 Å². The minimum absolute atomic E-state index is 0.0638. The minimum atomic E-state index is -0.896. The lowest BCUT2D eigenvalue weighted by atomic mass is 9.77. The summed E-state index contributed by atoms with van der Waals surface area (Å²) in [5.41, 5.74) is 4.99. The van der Waals surface area contributed by atoms with Crippen LogP contribution in [-0.2, 0) is 4.79 Å². The number of hydrogen-bond acceptors (Lipinski definition) is 4. The van der Waals surface area contributed by atoms with E-state index in [0.29, 0.717) is 12.8 Å². The maximum absolute atomic E-state index is 11.3. The van der Waals surface area contributed by atoms with Gasteiger partial charge in [-0.15, -0.1) is 0 Å². The number of hydrogen-bond donors (Lipinski definition) is 4. The van der Waals surface area contributed by atoms with Gasteiger partial charge in [-0.2, -0.15) is 0 Å². The third-order valence-corrected chi connectivity index (χ3v) is 2.41. The topological polar surface area (TPSA) is 95.6 Å². The van der Waals surface area contributed by atoms with E-state index in [2.05, 4.69) is 5.32 Å². The van der Waals surface area contributed by atoms with E-state index in [0.717, 1.165) is 6.42 Å². The fraction of sp³-hybridized carbons (Fsp3) is 0.875. The highest BCUT2D eigenvalue weighted by Crippen LogP contribution is 2.28. The summed E-state index contributed by atoms with van der Waals surface area (Å²) in [7, 11) is 0. The average molecular weight is 188 g/mol. The van der Waals surface area contributed by atoms with Crippen molar-refractivity contribution in [3.05, 3.63) is 0 Å². The van der Waals surface area contributed by atoms with Crippen molar-refractivity contribution >= 4 is 5.91 Å². The minimum Gasteiger partial charge on any atom is -0.394 e. The van der Waals surface area contributed by atoms with Crippen LogP contribution in [0.15, 0.2) is 0 Å². The summed E-state index contributed by atoms with van der Waals surface area (Å²) < 4.78 is 0. The van der Waals surface area contributed by atoms with Gasteiger partial charge in [0.1, 0.15) is 0 Å². The molecule has 0 aromatic heterocycles. The Balaban J connectivity index is 2.25. The van der Waals surface area contributed by atoms with E-state index in [9.17, 15) is 4.79 Å². The molecule has 5 heteroatoms. The molecule has 1 amide bonds. The Morgan fingerprint density at radius 2 is 2.23 bits per heavy atom. The van der Waals surface area contributed by atoms with Gasteiger partial charge in [0.25, 0.3) is 0 Å². The van der Waals surface area contributed by atoms with Gasteiger partial charge in [-0.1, -0.05) is 0 Å². The Morgan fingerprint density at radius 3 is 2.62 bits per heavy atom. The molecule has 0 aliphatic heterocycles. The van der Waals surface area contributed by atoms with Gasteiger partial charge in [-0.05, 0) is 19.3 Å². The molecule has 1 atom stereocenters. The summed E-state index contributed by atoms with van der Waals surface area (Å²) in [5.74, 6) is -0.230. The van der Waals surface area contributed by atoms with E-state index in [4.69, 9.17) is 15.9 Å². The molecule has 1 aliphatic rings. The summed E-state index contributed by atoms with van der Waals surface area (Å²) in [4.78, 5) is 11.3. The Labute approximate surface area is 76.9 Å². The van der Waals surface area contributed by atoms with Crippen molar-refractivity contribution in [1.29, 1.82) is 0 Å². The van der Waals surface area contributed by atoms with Gasteiger partial charge in [-0.25, -0.2) is 0 Å². The third kappa shape index (κ3) is 2.40. The molecule has 1 saturated carbocycles. The second-order valence-electron chi connectivity index (χ2n) is 3.56. The first-order chi connectivity index (χ1) is 6.08. The maximum atomic E-state index is 11.3. The predicted octanol–water partition coefficient (Wildman–Crippen LogP) is -1.66. The van der Waals surface area contributed by atoms with Crippen molar-refractivity contribution in [3.63, 3.8) is 0 Å². The monoisotopic (exact) mass is 188 g/mol. The first-order valence-electron chi connectivity index (χ1n) is 4.44. The molecule has 0 aromatic rings. The SMILES string of the molecule is NC1(C(=O)NCC(O)CO)CCC1. The summed E-state index contributed by atoms with van der Waals surface area (Å²) in [5, 5.41) is 19.9. The van der Waals surface area contributed by atoms with Gasteiger partial charge in [0, 0.05) is 6.54 Å². The Morgan fingerprint density at radius 1 is 1.62 bits per heavy atom. The molecule has 0 aromatic carbocycles. The standard InChI is InChI=1S/C8H16N2O3/c9-8(2-1-3-8)7(13)10-4-6(12)5-11/h6,11-12H,1-5,9H2,(H,10,13). The molecule has 13 heavy (non-hydrogen) atoms. The van der Waals surface area contributed by atoms with E-state index in [1.807, 2.05) is 0 Å². The molecule has 0 saturated heterocycles. The smallest absolute Gasteiger partial charge is 0.240 e. The molecule has 1 aliphatic carbocycles. The number of carbonyl (C=O) groups is 1. The average Bonchev–Trinajstić information content (AvgIpc) is 2.09. The first-order valence-corrected chi connectivity index (χ1v) is 4.44. The molecule has 0 heterocycles. The summed E-state index contributed by atoms with van der Waals surface area (Å²) in [6, 6.07) is 0. The summed E-state index contributed by atoms with van der Waals surface area (Å²) >= 11 is 0. The number of rotatable bonds is 4. The zero-order chi connectivity index (χ0) is 9.90. The lowest BCUT2D eigenvalue weighted by molar-refractivity contribution is -0.129. The molecular formula is C8H16N2O3. The lowest BCUT2D eigenvalue weighted by Gasteiger charge is -2.36. The van der Waals surface area contributed by atoms with E-state index < -0.39 is 11.6 Å². The molecule has 1 rings (SSSR count). The number of amides is 1. The van der Waals surface area contributed by atoms with E-state index in [-0.39, 0.29) is 19.1 Å². The number of carbonyl (C=O) groups excluding carboxylic acids is 1. The Bertz CT molecular complexity index is 192. The van der Waals surface area contributed by atoms with Crippen molar-refractivity contribution in [1.82, 2.24) is 5.32 Å². The van der Waals surface area contributed by atoms with E-state index >= 15 is 0 Å². The van der Waals surface area contributed by atoms with E-state index in [1.54, 1.807) is 0 Å². The van der Waals surface area contributed by atoms with Crippen LogP contribution in [0, 0.1) is 0 Å². The van der Waals surface area contributed by atoms with Crippen LogP contribution in [-0.4, -0.2) is 40.9 Å². The molecule has 0 bridgehead atoms. The normalized spacial score (nSPS) is 21.8. The van der Waals surface area contributed by atoms with Crippen molar-refractivity contribution < 1.29 is 15.0 Å². The van der Waals surface area contributed by atoms with Crippen LogP contribution in [0.3, 0.4) is 0 Å². The third-order valence-electron chi connectivity index (χ3n) is 2.41. The van der Waals surface area contributed by atoms with Crippen molar-refractivity contribution in [2.75, 3.05) is 13.2 Å². The van der Waals surface area contributed by atoms with Crippen molar-refractivity contribution in [2.45, 2.75) is 30.9 Å². The van der Waals surface area contributed by atoms with Gasteiger partial charge in [0.05, 0.1) is 18.2 Å². The quantitative estimate of drug-likeness (QED) is 0.424. The number of aliphatic hydroxyl groups is 2. The molecule has 1 unspecified atom stereocenters. The van der Waals surface area contributed by atoms with Crippen LogP contribution < -0.4 is 11.1 Å². The van der Waals surface area contributed by atoms with Crippen molar-refractivity contribution in [3.8, 4) is 0 Å². The highest BCUT2D eigenvalue weighted by molar-refractivity contribution is 5.86. The molecule has 76 valence electrons. The highest BCUT2D eigenvalue weighted by atomic mass is 16.3. The van der Waals surface area contributed by atoms with Crippen LogP contribution in [0.4, 0.5) is 0 Å². The fourth-order valence-electron chi connectivity index (χ4n) is 1.24. The maximum Gasteiger partial charge on any atom is 0.240 e. The van der Waals surface area contributed by atoms with Crippen molar-refractivity contribution in [2.24, 2.45) is 5.73 Å². The zero-order valence-electron chi connectivity index (χ0n) is 7.49. The largest absolute Gasteiger partial charge is 0.394 e. The summed E-state index contributed by atoms with van der Waals surface area (Å²) in [6.45, 7) is -0.286. The van der Waals surface area contributed by atoms with Gasteiger partial charge in [-0.3, -0.25) is 4.79 Å². The van der Waals surface area contributed by atoms with Gasteiger partial charge in [0.2, 0.25) is 5.91 Å².